The van der Waals surface area contributed by atoms with E-state index in [4.69, 9.17) is 16.3 Å². The Hall–Kier alpha value is -4.04. The quantitative estimate of drug-likeness (QED) is 0.331. The molecule has 0 spiro atoms. The SMILES string of the molecule is CC(=O)OC(C)c1nc(Cn2nc(-c3ccc(Cl)cc3)n(CC(O)C(F)(F)F)c2=O)nn1-c1ccncc1. The molecule has 4 rings (SSSR count). The molecule has 0 saturated carbocycles. The van der Waals surface area contributed by atoms with Gasteiger partial charge in [-0.2, -0.15) is 13.2 Å². The van der Waals surface area contributed by atoms with E-state index in [2.05, 4.69) is 20.2 Å². The number of esters is 1. The summed E-state index contributed by atoms with van der Waals surface area (Å²) in [5.41, 5.74) is -0.0760. The van der Waals surface area contributed by atoms with Gasteiger partial charge in [-0.3, -0.25) is 14.3 Å². The molecule has 2 atom stereocenters. The molecule has 0 bridgehead atoms. The molecule has 4 aromatic rings. The van der Waals surface area contributed by atoms with Gasteiger partial charge < -0.3 is 9.84 Å². The molecule has 0 aliphatic heterocycles. The Morgan fingerprint density at radius 2 is 1.79 bits per heavy atom. The lowest BCUT2D eigenvalue weighted by atomic mass is 10.2. The van der Waals surface area contributed by atoms with Crippen molar-refractivity contribution in [1.29, 1.82) is 0 Å². The Morgan fingerprint density at radius 1 is 1.13 bits per heavy atom. The van der Waals surface area contributed by atoms with Crippen molar-refractivity contribution in [2.45, 2.75) is 45.3 Å². The number of rotatable bonds is 8. The van der Waals surface area contributed by atoms with Crippen molar-refractivity contribution in [1.82, 2.24) is 34.1 Å². The highest BCUT2D eigenvalue weighted by atomic mass is 35.5. The molecule has 1 aromatic carbocycles. The van der Waals surface area contributed by atoms with E-state index in [0.29, 0.717) is 16.3 Å². The first-order chi connectivity index (χ1) is 17.9. The van der Waals surface area contributed by atoms with E-state index < -0.39 is 36.6 Å². The van der Waals surface area contributed by atoms with Gasteiger partial charge >= 0.3 is 17.8 Å². The molecule has 0 aliphatic carbocycles. The van der Waals surface area contributed by atoms with Crippen LogP contribution in [0.4, 0.5) is 13.2 Å². The zero-order valence-corrected chi connectivity index (χ0v) is 20.8. The van der Waals surface area contributed by atoms with E-state index in [9.17, 15) is 27.9 Å². The number of benzene rings is 1. The number of ether oxygens (including phenoxy) is 1. The third kappa shape index (κ3) is 5.92. The van der Waals surface area contributed by atoms with Crippen LogP contribution < -0.4 is 5.69 Å². The monoisotopic (exact) mass is 551 g/mol. The number of alkyl halides is 3. The number of aromatic nitrogens is 7. The summed E-state index contributed by atoms with van der Waals surface area (Å²) in [7, 11) is 0. The van der Waals surface area contributed by atoms with Gasteiger partial charge in [0.2, 0.25) is 0 Å². The van der Waals surface area contributed by atoms with E-state index in [1.54, 1.807) is 19.1 Å². The Labute approximate surface area is 218 Å². The summed E-state index contributed by atoms with van der Waals surface area (Å²) in [5.74, 6) is -0.355. The second-order valence-electron chi connectivity index (χ2n) is 8.19. The number of pyridine rings is 1. The third-order valence-electron chi connectivity index (χ3n) is 5.34. The van der Waals surface area contributed by atoms with Crippen molar-refractivity contribution in [3.05, 3.63) is 75.9 Å². The average molecular weight is 552 g/mol. The standard InChI is InChI=1S/C23H21ClF3N7O4/c1-13(38-14(2)35)20-29-19(30-34(20)17-7-9-28-10-8-17)12-33-22(37)32(11-18(36)23(25,26)27)21(31-33)15-3-5-16(24)6-4-15/h3-10,13,18,36H,11-12H2,1-2H3. The summed E-state index contributed by atoms with van der Waals surface area (Å²) in [6.07, 6.45) is -5.53. The molecule has 3 heterocycles. The van der Waals surface area contributed by atoms with E-state index >= 15 is 0 Å². The van der Waals surface area contributed by atoms with Crippen LogP contribution in [0, 0.1) is 0 Å². The molecule has 2 unspecified atom stereocenters. The van der Waals surface area contributed by atoms with E-state index in [1.807, 2.05) is 0 Å². The lowest BCUT2D eigenvalue weighted by Gasteiger charge is -2.15. The summed E-state index contributed by atoms with van der Waals surface area (Å²) in [6.45, 7) is 1.43. The van der Waals surface area contributed by atoms with Crippen molar-refractivity contribution in [3.8, 4) is 17.1 Å². The maximum Gasteiger partial charge on any atom is 0.416 e. The topological polar surface area (TPSA) is 130 Å². The summed E-state index contributed by atoms with van der Waals surface area (Å²) >= 11 is 5.91. The van der Waals surface area contributed by atoms with Crippen LogP contribution in [0.5, 0.6) is 0 Å². The molecule has 11 nitrogen and oxygen atoms in total. The van der Waals surface area contributed by atoms with Gasteiger partial charge in [0.1, 0.15) is 6.54 Å². The maximum atomic E-state index is 13.2. The first-order valence-electron chi connectivity index (χ1n) is 11.2. The molecule has 200 valence electrons. The third-order valence-corrected chi connectivity index (χ3v) is 5.59. The second-order valence-corrected chi connectivity index (χ2v) is 8.63. The fraction of sp³-hybridized carbons (Fsp3) is 0.304. The molecular formula is C23H21ClF3N7O4. The van der Waals surface area contributed by atoms with Crippen molar-refractivity contribution in [2.24, 2.45) is 0 Å². The zero-order chi connectivity index (χ0) is 27.6. The van der Waals surface area contributed by atoms with Crippen LogP contribution in [0.1, 0.15) is 31.6 Å². The number of hydrogen-bond acceptors (Lipinski definition) is 8. The normalized spacial score (nSPS) is 13.3. The van der Waals surface area contributed by atoms with Crippen molar-refractivity contribution < 1.29 is 27.8 Å². The Kier molecular flexibility index (Phi) is 7.64. The predicted octanol–water partition coefficient (Wildman–Crippen LogP) is 2.94. The summed E-state index contributed by atoms with van der Waals surface area (Å²) in [5, 5.41) is 18.6. The molecule has 38 heavy (non-hydrogen) atoms. The second kappa shape index (κ2) is 10.8. The minimum Gasteiger partial charge on any atom is -0.455 e. The smallest absolute Gasteiger partial charge is 0.416 e. The largest absolute Gasteiger partial charge is 0.455 e. The van der Waals surface area contributed by atoms with Crippen molar-refractivity contribution in [3.63, 3.8) is 0 Å². The van der Waals surface area contributed by atoms with Crippen LogP contribution in [0.15, 0.2) is 53.6 Å². The van der Waals surface area contributed by atoms with Gasteiger partial charge in [0, 0.05) is 29.9 Å². The molecular weight excluding hydrogens is 531 g/mol. The Morgan fingerprint density at radius 3 is 2.39 bits per heavy atom. The van der Waals surface area contributed by atoms with Gasteiger partial charge in [0.05, 0.1) is 12.2 Å². The van der Waals surface area contributed by atoms with Gasteiger partial charge in [-0.15, -0.1) is 10.2 Å². The van der Waals surface area contributed by atoms with Gasteiger partial charge in [0.25, 0.3) is 0 Å². The molecule has 0 radical (unpaired) electrons. The molecule has 0 amide bonds. The zero-order valence-electron chi connectivity index (χ0n) is 20.0. The van der Waals surface area contributed by atoms with Crippen LogP contribution >= 0.6 is 11.6 Å². The van der Waals surface area contributed by atoms with Crippen LogP contribution in [-0.4, -0.2) is 57.5 Å². The highest BCUT2D eigenvalue weighted by Crippen LogP contribution is 2.24. The number of carbonyl (C=O) groups excluding carboxylic acids is 1. The minimum absolute atomic E-state index is 0.0709. The summed E-state index contributed by atoms with van der Waals surface area (Å²) in [4.78, 5) is 33.0. The Bertz CT molecular complexity index is 1480. The number of carbonyl (C=O) groups is 1. The number of halogens is 4. The number of hydrogen-bond donors (Lipinski definition) is 1. The molecule has 1 N–H and O–H groups in total. The molecule has 15 heteroatoms. The number of nitrogens with zero attached hydrogens (tertiary/aromatic N) is 7. The lowest BCUT2D eigenvalue weighted by Crippen LogP contribution is -2.37. The molecule has 0 saturated heterocycles. The van der Waals surface area contributed by atoms with E-state index in [-0.39, 0.29) is 24.0 Å². The van der Waals surface area contributed by atoms with Crippen LogP contribution in [0.25, 0.3) is 17.1 Å². The average Bonchev–Trinajstić information content (AvgIpc) is 3.41. The van der Waals surface area contributed by atoms with Gasteiger partial charge in [0.15, 0.2) is 29.7 Å². The Balaban J connectivity index is 1.77. The highest BCUT2D eigenvalue weighted by molar-refractivity contribution is 6.30. The molecule has 3 aromatic heterocycles. The van der Waals surface area contributed by atoms with Gasteiger partial charge in [-0.25, -0.2) is 19.1 Å². The van der Waals surface area contributed by atoms with Crippen LogP contribution in [-0.2, 0) is 22.6 Å². The van der Waals surface area contributed by atoms with Gasteiger partial charge in [-0.1, -0.05) is 11.6 Å². The highest BCUT2D eigenvalue weighted by Gasteiger charge is 2.39. The van der Waals surface area contributed by atoms with Crippen molar-refractivity contribution in [2.75, 3.05) is 0 Å². The predicted molar refractivity (Wildman–Crippen MR) is 127 cm³/mol. The summed E-state index contributed by atoms with van der Waals surface area (Å²) < 4.78 is 47.6. The molecule has 0 fully saturated rings. The summed E-state index contributed by atoms with van der Waals surface area (Å²) in [6, 6.07) is 9.23. The van der Waals surface area contributed by atoms with E-state index in [1.165, 1.54) is 48.3 Å². The van der Waals surface area contributed by atoms with Crippen LogP contribution in [0.2, 0.25) is 5.02 Å². The molecule has 0 aliphatic rings. The van der Waals surface area contributed by atoms with Crippen molar-refractivity contribution >= 4 is 17.6 Å². The first kappa shape index (κ1) is 27.0. The maximum absolute atomic E-state index is 13.2. The van der Waals surface area contributed by atoms with E-state index in [0.717, 1.165) is 9.25 Å². The number of aliphatic hydroxyl groups excluding tert-OH is 1. The fourth-order valence-corrected chi connectivity index (χ4v) is 3.73. The van der Waals surface area contributed by atoms with Crippen LogP contribution in [0.3, 0.4) is 0 Å². The lowest BCUT2D eigenvalue weighted by molar-refractivity contribution is -0.207. The fourth-order valence-electron chi connectivity index (χ4n) is 3.61. The number of aliphatic hydroxyl groups is 1. The first-order valence-corrected chi connectivity index (χ1v) is 11.5. The van der Waals surface area contributed by atoms with Gasteiger partial charge in [-0.05, 0) is 43.3 Å². The minimum atomic E-state index is -4.95.